The third kappa shape index (κ3) is 1.37. The van der Waals surface area contributed by atoms with Crippen molar-refractivity contribution in [3.05, 3.63) is 33.3 Å². The van der Waals surface area contributed by atoms with Crippen molar-refractivity contribution in [3.8, 4) is 0 Å². The summed E-state index contributed by atoms with van der Waals surface area (Å²) in [6.45, 7) is 5.74. The van der Waals surface area contributed by atoms with E-state index in [0.717, 1.165) is 33.6 Å². The van der Waals surface area contributed by atoms with Crippen LogP contribution in [0.25, 0.3) is 0 Å². The summed E-state index contributed by atoms with van der Waals surface area (Å²) in [5, 5.41) is 0.762. The predicted octanol–water partition coefficient (Wildman–Crippen LogP) is 3.08. The molecule has 12 heavy (non-hydrogen) atoms. The van der Waals surface area contributed by atoms with Crippen LogP contribution in [0.15, 0.2) is 6.07 Å². The van der Waals surface area contributed by atoms with Gasteiger partial charge in [-0.1, -0.05) is 11.6 Å². The zero-order chi connectivity index (χ0) is 9.30. The molecule has 1 nitrogen and oxygen atoms in total. The zero-order valence-electron chi connectivity index (χ0n) is 7.44. The average Bonchev–Trinajstić information content (AvgIpc) is 2.08. The second-order valence-corrected chi connectivity index (χ2v) is 3.34. The molecule has 0 spiro atoms. The third-order valence-corrected chi connectivity index (χ3v) is 2.75. The van der Waals surface area contributed by atoms with E-state index in [1.165, 1.54) is 0 Å². The Balaban J connectivity index is 3.49. The quantitative estimate of drug-likeness (QED) is 0.610. The van der Waals surface area contributed by atoms with E-state index in [-0.39, 0.29) is 0 Å². The van der Waals surface area contributed by atoms with E-state index in [4.69, 9.17) is 11.6 Å². The van der Waals surface area contributed by atoms with Crippen LogP contribution >= 0.6 is 11.6 Å². The first kappa shape index (κ1) is 9.27. The highest BCUT2D eigenvalue weighted by Crippen LogP contribution is 2.25. The summed E-state index contributed by atoms with van der Waals surface area (Å²) in [4.78, 5) is 10.6. The van der Waals surface area contributed by atoms with Crippen LogP contribution in [-0.4, -0.2) is 6.29 Å². The van der Waals surface area contributed by atoms with E-state index >= 15 is 0 Å². The van der Waals surface area contributed by atoms with Gasteiger partial charge in [-0.3, -0.25) is 4.79 Å². The summed E-state index contributed by atoms with van der Waals surface area (Å²) >= 11 is 6.00. The molecular weight excluding hydrogens is 172 g/mol. The molecule has 1 aromatic carbocycles. The van der Waals surface area contributed by atoms with Crippen molar-refractivity contribution in [2.75, 3.05) is 0 Å². The first-order valence-electron chi connectivity index (χ1n) is 3.79. The molecule has 0 N–H and O–H groups in total. The molecule has 0 aromatic heterocycles. The van der Waals surface area contributed by atoms with Crippen LogP contribution in [0.3, 0.4) is 0 Å². The topological polar surface area (TPSA) is 17.1 Å². The summed E-state index contributed by atoms with van der Waals surface area (Å²) in [7, 11) is 0. The van der Waals surface area contributed by atoms with Gasteiger partial charge in [0.2, 0.25) is 0 Å². The molecule has 0 heterocycles. The molecule has 0 aliphatic rings. The Morgan fingerprint density at radius 2 is 1.83 bits per heavy atom. The number of rotatable bonds is 1. The minimum absolute atomic E-state index is 0.731. The Kier molecular flexibility index (Phi) is 2.53. The molecule has 0 atom stereocenters. The minimum Gasteiger partial charge on any atom is -0.298 e. The molecule has 2 heteroatoms. The number of hydrogen-bond acceptors (Lipinski definition) is 1. The van der Waals surface area contributed by atoms with Crippen LogP contribution in [-0.2, 0) is 0 Å². The number of carbonyl (C=O) groups excluding carboxylic acids is 1. The van der Waals surface area contributed by atoms with Gasteiger partial charge >= 0.3 is 0 Å². The fraction of sp³-hybridized carbons (Fsp3) is 0.300. The Hall–Kier alpha value is -0.820. The van der Waals surface area contributed by atoms with E-state index in [1.54, 1.807) is 0 Å². The van der Waals surface area contributed by atoms with Crippen molar-refractivity contribution in [1.82, 2.24) is 0 Å². The maximum Gasteiger partial charge on any atom is 0.150 e. The van der Waals surface area contributed by atoms with Crippen molar-refractivity contribution >= 4 is 17.9 Å². The van der Waals surface area contributed by atoms with Crippen molar-refractivity contribution < 1.29 is 4.79 Å². The van der Waals surface area contributed by atoms with Gasteiger partial charge in [0.1, 0.15) is 6.29 Å². The highest BCUT2D eigenvalue weighted by Gasteiger charge is 2.06. The molecule has 0 fully saturated rings. The number of aryl methyl sites for hydroxylation is 1. The molecule has 64 valence electrons. The number of carbonyl (C=O) groups is 1. The molecule has 0 radical (unpaired) electrons. The SMILES string of the molecule is Cc1cc(C=O)c(C)c(C)c1Cl. The Labute approximate surface area is 77.4 Å². The van der Waals surface area contributed by atoms with Gasteiger partial charge in [0.25, 0.3) is 0 Å². The summed E-state index contributed by atoms with van der Waals surface area (Å²) in [6, 6.07) is 1.82. The highest BCUT2D eigenvalue weighted by atomic mass is 35.5. The van der Waals surface area contributed by atoms with E-state index in [0.29, 0.717) is 0 Å². The summed E-state index contributed by atoms with van der Waals surface area (Å²) in [5.41, 5.74) is 3.66. The predicted molar refractivity (Wildman–Crippen MR) is 51.1 cm³/mol. The second-order valence-electron chi connectivity index (χ2n) is 2.96. The number of halogens is 1. The Morgan fingerprint density at radius 1 is 1.25 bits per heavy atom. The smallest absolute Gasteiger partial charge is 0.150 e. The third-order valence-electron chi connectivity index (χ3n) is 2.17. The number of aldehydes is 1. The molecular formula is C10H11ClO. The van der Waals surface area contributed by atoms with Gasteiger partial charge in [0.15, 0.2) is 0 Å². The Morgan fingerprint density at radius 3 is 2.33 bits per heavy atom. The average molecular weight is 183 g/mol. The van der Waals surface area contributed by atoms with Crippen molar-refractivity contribution in [1.29, 1.82) is 0 Å². The molecule has 0 bridgehead atoms. The van der Waals surface area contributed by atoms with Crippen LogP contribution in [0, 0.1) is 20.8 Å². The van der Waals surface area contributed by atoms with E-state index in [1.807, 2.05) is 26.8 Å². The molecule has 1 rings (SSSR count). The lowest BCUT2D eigenvalue weighted by Gasteiger charge is -2.08. The summed E-state index contributed by atoms with van der Waals surface area (Å²) in [6.07, 6.45) is 0.867. The zero-order valence-corrected chi connectivity index (χ0v) is 8.20. The van der Waals surface area contributed by atoms with Gasteiger partial charge in [-0.15, -0.1) is 0 Å². The molecule has 1 aromatic rings. The maximum atomic E-state index is 10.6. The van der Waals surface area contributed by atoms with Crippen LogP contribution in [0.1, 0.15) is 27.0 Å². The van der Waals surface area contributed by atoms with E-state index in [9.17, 15) is 4.79 Å². The first-order chi connectivity index (χ1) is 5.57. The standard InChI is InChI=1S/C10H11ClO/c1-6-4-9(5-12)7(2)8(3)10(6)11/h4-5H,1-3H3. The van der Waals surface area contributed by atoms with Crippen molar-refractivity contribution in [2.45, 2.75) is 20.8 Å². The summed E-state index contributed by atoms with van der Waals surface area (Å²) < 4.78 is 0. The van der Waals surface area contributed by atoms with Crippen LogP contribution < -0.4 is 0 Å². The summed E-state index contributed by atoms with van der Waals surface area (Å²) in [5.74, 6) is 0. The number of hydrogen-bond donors (Lipinski definition) is 0. The molecule has 0 saturated heterocycles. The van der Waals surface area contributed by atoms with Crippen LogP contribution in [0.5, 0.6) is 0 Å². The molecule has 0 aliphatic heterocycles. The maximum absolute atomic E-state index is 10.6. The first-order valence-corrected chi connectivity index (χ1v) is 4.17. The van der Waals surface area contributed by atoms with Gasteiger partial charge in [0.05, 0.1) is 0 Å². The lowest BCUT2D eigenvalue weighted by Crippen LogP contribution is -1.93. The van der Waals surface area contributed by atoms with Gasteiger partial charge in [-0.05, 0) is 43.5 Å². The normalized spacial score (nSPS) is 10.0. The van der Waals surface area contributed by atoms with E-state index < -0.39 is 0 Å². The van der Waals surface area contributed by atoms with Crippen LogP contribution in [0.2, 0.25) is 5.02 Å². The van der Waals surface area contributed by atoms with Crippen molar-refractivity contribution in [3.63, 3.8) is 0 Å². The highest BCUT2D eigenvalue weighted by molar-refractivity contribution is 6.32. The second kappa shape index (κ2) is 3.28. The molecule has 0 unspecified atom stereocenters. The van der Waals surface area contributed by atoms with Gasteiger partial charge < -0.3 is 0 Å². The van der Waals surface area contributed by atoms with Crippen molar-refractivity contribution in [2.24, 2.45) is 0 Å². The van der Waals surface area contributed by atoms with E-state index in [2.05, 4.69) is 0 Å². The van der Waals surface area contributed by atoms with Gasteiger partial charge in [-0.25, -0.2) is 0 Å². The fourth-order valence-corrected chi connectivity index (χ4v) is 1.40. The lowest BCUT2D eigenvalue weighted by atomic mass is 10.0. The van der Waals surface area contributed by atoms with Crippen LogP contribution in [0.4, 0.5) is 0 Å². The number of benzene rings is 1. The van der Waals surface area contributed by atoms with Gasteiger partial charge in [0, 0.05) is 10.6 Å². The molecule has 0 saturated carbocycles. The molecule has 0 amide bonds. The molecule has 0 aliphatic carbocycles. The Bertz CT molecular complexity index is 329. The monoisotopic (exact) mass is 182 g/mol. The largest absolute Gasteiger partial charge is 0.298 e. The minimum atomic E-state index is 0.731. The fourth-order valence-electron chi connectivity index (χ4n) is 1.20. The lowest BCUT2D eigenvalue weighted by molar-refractivity contribution is 0.112. The van der Waals surface area contributed by atoms with Gasteiger partial charge in [-0.2, -0.15) is 0 Å².